The van der Waals surface area contributed by atoms with Gasteiger partial charge in [-0.2, -0.15) is 0 Å². The topological polar surface area (TPSA) is 79.7 Å². The van der Waals surface area contributed by atoms with Crippen LogP contribution >= 0.6 is 0 Å². The second-order valence-electron chi connectivity index (χ2n) is 10.1. The minimum atomic E-state index is -0.0788. The molecule has 5 aromatic rings. The van der Waals surface area contributed by atoms with E-state index in [-0.39, 0.29) is 11.6 Å². The van der Waals surface area contributed by atoms with Crippen molar-refractivity contribution in [3.8, 4) is 0 Å². The Hall–Kier alpha value is -4.10. The average molecular weight is 507 g/mol. The van der Waals surface area contributed by atoms with Crippen molar-refractivity contribution in [2.45, 2.75) is 59.8 Å². The molecule has 194 valence electrons. The third-order valence-electron chi connectivity index (χ3n) is 7.28. The molecule has 0 aliphatic heterocycles. The van der Waals surface area contributed by atoms with Crippen molar-refractivity contribution < 1.29 is 0 Å². The van der Waals surface area contributed by atoms with Gasteiger partial charge in [0.15, 0.2) is 5.82 Å². The Morgan fingerprint density at radius 2 is 1.63 bits per heavy atom. The molecule has 0 fully saturated rings. The van der Waals surface area contributed by atoms with Crippen molar-refractivity contribution >= 4 is 10.9 Å². The number of pyridine rings is 1. The molecular weight excluding hydrogens is 472 g/mol. The van der Waals surface area contributed by atoms with E-state index in [1.54, 1.807) is 0 Å². The van der Waals surface area contributed by atoms with Crippen molar-refractivity contribution in [2.24, 2.45) is 0 Å². The SMILES string of the molecule is CCC(c1nnnn1Cc1ccccc1)N(Cc1ccc(C)cc1)Cc1cc2cc(C)c(C)cc2[nH]c1=O. The van der Waals surface area contributed by atoms with E-state index in [2.05, 4.69) is 95.6 Å². The second kappa shape index (κ2) is 11.1. The molecule has 0 saturated heterocycles. The monoisotopic (exact) mass is 506 g/mol. The van der Waals surface area contributed by atoms with Crippen LogP contribution < -0.4 is 5.56 Å². The van der Waals surface area contributed by atoms with E-state index in [4.69, 9.17) is 0 Å². The molecule has 2 heterocycles. The van der Waals surface area contributed by atoms with E-state index in [1.165, 1.54) is 16.7 Å². The van der Waals surface area contributed by atoms with Gasteiger partial charge in [0, 0.05) is 24.2 Å². The highest BCUT2D eigenvalue weighted by molar-refractivity contribution is 5.80. The van der Waals surface area contributed by atoms with Crippen molar-refractivity contribution in [2.75, 3.05) is 0 Å². The van der Waals surface area contributed by atoms with Gasteiger partial charge in [0.1, 0.15) is 0 Å². The summed E-state index contributed by atoms with van der Waals surface area (Å²) in [6, 6.07) is 24.9. The average Bonchev–Trinajstić information content (AvgIpc) is 3.35. The van der Waals surface area contributed by atoms with E-state index in [0.717, 1.165) is 39.8 Å². The number of nitrogens with zero attached hydrogens (tertiary/aromatic N) is 5. The van der Waals surface area contributed by atoms with E-state index in [9.17, 15) is 4.79 Å². The minimum absolute atomic E-state index is 0.0617. The number of nitrogens with one attached hydrogen (secondary N) is 1. The number of aryl methyl sites for hydroxylation is 3. The predicted octanol–water partition coefficient (Wildman–Crippen LogP) is 5.64. The van der Waals surface area contributed by atoms with Crippen LogP contribution in [0.4, 0.5) is 0 Å². The number of rotatable bonds is 9. The standard InChI is InChI=1S/C31H34N6O/c1-5-29(30-33-34-35-37(30)19-24-9-7-6-8-10-24)36(18-25-13-11-21(2)12-14-25)20-27-17-26-15-22(3)23(4)16-28(26)32-31(27)38/h6-17,29H,5,18-20H2,1-4H3,(H,32,38). The molecule has 1 atom stereocenters. The molecule has 1 unspecified atom stereocenters. The summed E-state index contributed by atoms with van der Waals surface area (Å²) in [5.41, 5.74) is 7.44. The van der Waals surface area contributed by atoms with Crippen LogP contribution in [0.25, 0.3) is 10.9 Å². The molecule has 0 amide bonds. The highest BCUT2D eigenvalue weighted by Gasteiger charge is 2.26. The first-order valence-electron chi connectivity index (χ1n) is 13.1. The zero-order valence-corrected chi connectivity index (χ0v) is 22.5. The third kappa shape index (κ3) is 5.58. The van der Waals surface area contributed by atoms with E-state index >= 15 is 0 Å². The summed E-state index contributed by atoms with van der Waals surface area (Å²) in [5.74, 6) is 0.798. The first kappa shape index (κ1) is 25.5. The van der Waals surface area contributed by atoms with Crippen LogP contribution in [-0.2, 0) is 19.6 Å². The van der Waals surface area contributed by atoms with Gasteiger partial charge in [0.25, 0.3) is 5.56 Å². The molecule has 0 aliphatic carbocycles. The molecule has 7 heteroatoms. The first-order valence-corrected chi connectivity index (χ1v) is 13.1. The fourth-order valence-electron chi connectivity index (χ4n) is 4.99. The molecule has 0 aliphatic rings. The number of fused-ring (bicyclic) bond motifs is 1. The number of aromatic amines is 1. The summed E-state index contributed by atoms with van der Waals surface area (Å²) in [6.45, 7) is 10.1. The van der Waals surface area contributed by atoms with Gasteiger partial charge in [0.05, 0.1) is 12.6 Å². The lowest BCUT2D eigenvalue weighted by Crippen LogP contribution is -2.32. The number of hydrogen-bond acceptors (Lipinski definition) is 5. The first-order chi connectivity index (χ1) is 18.4. The molecule has 3 aromatic carbocycles. The maximum atomic E-state index is 13.2. The summed E-state index contributed by atoms with van der Waals surface area (Å²) >= 11 is 0. The predicted molar refractivity (Wildman–Crippen MR) is 151 cm³/mol. The van der Waals surface area contributed by atoms with Crippen LogP contribution in [0.3, 0.4) is 0 Å². The van der Waals surface area contributed by atoms with E-state index < -0.39 is 0 Å². The van der Waals surface area contributed by atoms with E-state index in [1.807, 2.05) is 35.0 Å². The smallest absolute Gasteiger partial charge is 0.252 e. The molecular formula is C31H34N6O. The molecule has 7 nitrogen and oxygen atoms in total. The summed E-state index contributed by atoms with van der Waals surface area (Å²) in [4.78, 5) is 18.7. The van der Waals surface area contributed by atoms with Gasteiger partial charge in [0.2, 0.25) is 0 Å². The fourth-order valence-corrected chi connectivity index (χ4v) is 4.99. The normalized spacial score (nSPS) is 12.3. The number of H-pyrrole nitrogens is 1. The fraction of sp³-hybridized carbons (Fsp3) is 0.290. The summed E-state index contributed by atoms with van der Waals surface area (Å²) in [7, 11) is 0. The Morgan fingerprint density at radius 3 is 2.37 bits per heavy atom. The maximum Gasteiger partial charge on any atom is 0.252 e. The number of hydrogen-bond donors (Lipinski definition) is 1. The maximum absolute atomic E-state index is 13.2. The van der Waals surface area contributed by atoms with Crippen LogP contribution in [0, 0.1) is 20.8 Å². The summed E-state index contributed by atoms with van der Waals surface area (Å²) in [6.07, 6.45) is 0.796. The van der Waals surface area contributed by atoms with Gasteiger partial charge in [-0.1, -0.05) is 67.1 Å². The third-order valence-corrected chi connectivity index (χ3v) is 7.28. The highest BCUT2D eigenvalue weighted by atomic mass is 16.1. The van der Waals surface area contributed by atoms with Crippen LogP contribution in [0.5, 0.6) is 0 Å². The summed E-state index contributed by atoms with van der Waals surface area (Å²) in [5, 5.41) is 13.9. The zero-order chi connectivity index (χ0) is 26.6. The number of benzene rings is 3. The quantitative estimate of drug-likeness (QED) is 0.280. The van der Waals surface area contributed by atoms with E-state index in [0.29, 0.717) is 19.6 Å². The van der Waals surface area contributed by atoms with Crippen molar-refractivity contribution in [1.29, 1.82) is 0 Å². The van der Waals surface area contributed by atoms with Gasteiger partial charge < -0.3 is 4.98 Å². The van der Waals surface area contributed by atoms with Crippen LogP contribution in [0.2, 0.25) is 0 Å². The van der Waals surface area contributed by atoms with Gasteiger partial charge in [-0.25, -0.2) is 4.68 Å². The lowest BCUT2D eigenvalue weighted by atomic mass is 10.0. The van der Waals surface area contributed by atoms with Crippen molar-refractivity contribution in [3.05, 3.63) is 122 Å². The molecule has 0 spiro atoms. The largest absolute Gasteiger partial charge is 0.322 e. The lowest BCUT2D eigenvalue weighted by Gasteiger charge is -2.30. The van der Waals surface area contributed by atoms with Gasteiger partial charge in [-0.3, -0.25) is 9.69 Å². The Balaban J connectivity index is 1.53. The van der Waals surface area contributed by atoms with Gasteiger partial charge in [-0.05, 0) is 83.5 Å². The molecule has 38 heavy (non-hydrogen) atoms. The molecule has 0 radical (unpaired) electrons. The Labute approximate surface area is 223 Å². The van der Waals surface area contributed by atoms with Crippen molar-refractivity contribution in [3.63, 3.8) is 0 Å². The zero-order valence-electron chi connectivity index (χ0n) is 22.5. The highest BCUT2D eigenvalue weighted by Crippen LogP contribution is 2.27. The van der Waals surface area contributed by atoms with Crippen molar-refractivity contribution in [1.82, 2.24) is 30.1 Å². The molecule has 5 rings (SSSR count). The van der Waals surface area contributed by atoms with Gasteiger partial charge >= 0.3 is 0 Å². The Kier molecular flexibility index (Phi) is 7.47. The van der Waals surface area contributed by atoms with Crippen LogP contribution in [0.1, 0.15) is 58.6 Å². The molecule has 0 bridgehead atoms. The number of tetrazole rings is 1. The molecule has 2 aromatic heterocycles. The number of aromatic nitrogens is 5. The summed E-state index contributed by atoms with van der Waals surface area (Å²) < 4.78 is 1.88. The second-order valence-corrected chi connectivity index (χ2v) is 10.1. The molecule has 0 saturated carbocycles. The van der Waals surface area contributed by atoms with Crippen LogP contribution in [0.15, 0.2) is 77.6 Å². The lowest BCUT2D eigenvalue weighted by molar-refractivity contribution is 0.161. The Morgan fingerprint density at radius 1 is 0.895 bits per heavy atom. The van der Waals surface area contributed by atoms with Gasteiger partial charge in [-0.15, -0.1) is 5.10 Å². The van der Waals surface area contributed by atoms with Crippen LogP contribution in [-0.4, -0.2) is 30.1 Å². The molecule has 1 N–H and O–H groups in total. The minimum Gasteiger partial charge on any atom is -0.322 e. The Bertz CT molecular complexity index is 1590.